The van der Waals surface area contributed by atoms with Crippen molar-refractivity contribution in [2.75, 3.05) is 36.5 Å². The lowest BCUT2D eigenvalue weighted by Gasteiger charge is -2.34. The summed E-state index contributed by atoms with van der Waals surface area (Å²) in [6.45, 7) is 8.46. The minimum atomic E-state index is 0.635. The predicted octanol–water partition coefficient (Wildman–Crippen LogP) is 3.76. The standard InChI is InChI=1S/C18H28N2O/c1-14-3-8-18(15(2)13-14)19-16-4-6-17(7-5-16)20-9-11-21-12-10-20/h4-7,14-15,18-19H,3,8-13H2,1-2H3. The minimum Gasteiger partial charge on any atom is -0.382 e. The van der Waals surface area contributed by atoms with Crippen LogP contribution in [-0.2, 0) is 4.74 Å². The topological polar surface area (TPSA) is 24.5 Å². The van der Waals surface area contributed by atoms with Crippen molar-refractivity contribution in [1.29, 1.82) is 0 Å². The second kappa shape index (κ2) is 6.69. The molecule has 0 aromatic heterocycles. The normalized spacial score (nSPS) is 30.2. The van der Waals surface area contributed by atoms with E-state index in [1.807, 2.05) is 0 Å². The lowest BCUT2D eigenvalue weighted by Crippen LogP contribution is -2.36. The summed E-state index contributed by atoms with van der Waals surface area (Å²) in [5, 5.41) is 3.74. The fourth-order valence-corrected chi connectivity index (χ4v) is 3.68. The van der Waals surface area contributed by atoms with Gasteiger partial charge < -0.3 is 15.0 Å². The predicted molar refractivity (Wildman–Crippen MR) is 89.1 cm³/mol. The Morgan fingerprint density at radius 2 is 1.76 bits per heavy atom. The largest absolute Gasteiger partial charge is 0.382 e. The van der Waals surface area contributed by atoms with Crippen LogP contribution in [0.15, 0.2) is 24.3 Å². The summed E-state index contributed by atoms with van der Waals surface area (Å²) in [6, 6.07) is 9.58. The molecule has 3 atom stereocenters. The molecule has 1 aromatic carbocycles. The number of benzene rings is 1. The monoisotopic (exact) mass is 288 g/mol. The highest BCUT2D eigenvalue weighted by Crippen LogP contribution is 2.31. The molecule has 1 N–H and O–H groups in total. The highest BCUT2D eigenvalue weighted by molar-refractivity contribution is 5.55. The zero-order valence-corrected chi connectivity index (χ0v) is 13.3. The van der Waals surface area contributed by atoms with E-state index in [2.05, 4.69) is 48.3 Å². The molecule has 21 heavy (non-hydrogen) atoms. The molecule has 1 heterocycles. The van der Waals surface area contributed by atoms with Crippen molar-refractivity contribution in [1.82, 2.24) is 0 Å². The SMILES string of the molecule is CC1CCC(Nc2ccc(N3CCOCC3)cc2)C(C)C1. The van der Waals surface area contributed by atoms with Crippen LogP contribution in [0.25, 0.3) is 0 Å². The first-order valence-electron chi connectivity index (χ1n) is 8.41. The third-order valence-corrected chi connectivity index (χ3v) is 5.03. The summed E-state index contributed by atoms with van der Waals surface area (Å²) in [6.07, 6.45) is 4.00. The summed E-state index contributed by atoms with van der Waals surface area (Å²) >= 11 is 0. The van der Waals surface area contributed by atoms with Crippen LogP contribution in [0.2, 0.25) is 0 Å². The van der Waals surface area contributed by atoms with E-state index in [1.54, 1.807) is 0 Å². The molecule has 1 aliphatic heterocycles. The molecular weight excluding hydrogens is 260 g/mol. The van der Waals surface area contributed by atoms with Crippen LogP contribution in [0.1, 0.15) is 33.1 Å². The summed E-state index contributed by atoms with van der Waals surface area (Å²) in [7, 11) is 0. The highest BCUT2D eigenvalue weighted by atomic mass is 16.5. The van der Waals surface area contributed by atoms with Crippen LogP contribution in [0.5, 0.6) is 0 Å². The van der Waals surface area contributed by atoms with Gasteiger partial charge >= 0.3 is 0 Å². The van der Waals surface area contributed by atoms with Crippen molar-refractivity contribution in [3.05, 3.63) is 24.3 Å². The van der Waals surface area contributed by atoms with E-state index in [0.717, 1.165) is 38.1 Å². The lowest BCUT2D eigenvalue weighted by atomic mass is 9.80. The van der Waals surface area contributed by atoms with E-state index < -0.39 is 0 Å². The molecule has 1 saturated heterocycles. The molecule has 2 fully saturated rings. The Morgan fingerprint density at radius 3 is 2.43 bits per heavy atom. The van der Waals surface area contributed by atoms with Gasteiger partial charge in [0, 0.05) is 30.5 Å². The van der Waals surface area contributed by atoms with Crippen LogP contribution >= 0.6 is 0 Å². The molecule has 0 bridgehead atoms. The van der Waals surface area contributed by atoms with Crippen molar-refractivity contribution < 1.29 is 4.74 Å². The Labute approximate surface area is 128 Å². The van der Waals surface area contributed by atoms with Crippen molar-refractivity contribution in [2.45, 2.75) is 39.2 Å². The summed E-state index contributed by atoms with van der Waals surface area (Å²) in [4.78, 5) is 2.40. The molecule has 3 rings (SSSR count). The number of nitrogens with zero attached hydrogens (tertiary/aromatic N) is 1. The van der Waals surface area contributed by atoms with E-state index >= 15 is 0 Å². The van der Waals surface area contributed by atoms with Gasteiger partial charge in [-0.15, -0.1) is 0 Å². The Kier molecular flexibility index (Phi) is 4.69. The molecule has 0 spiro atoms. The molecule has 3 nitrogen and oxygen atoms in total. The maximum Gasteiger partial charge on any atom is 0.0642 e. The van der Waals surface area contributed by atoms with Gasteiger partial charge in [0.15, 0.2) is 0 Å². The number of rotatable bonds is 3. The molecule has 3 unspecified atom stereocenters. The van der Waals surface area contributed by atoms with Gasteiger partial charge in [-0.2, -0.15) is 0 Å². The van der Waals surface area contributed by atoms with Gasteiger partial charge in [0.05, 0.1) is 13.2 Å². The fraction of sp³-hybridized carbons (Fsp3) is 0.667. The van der Waals surface area contributed by atoms with E-state index in [4.69, 9.17) is 4.74 Å². The molecule has 1 aliphatic carbocycles. The van der Waals surface area contributed by atoms with Crippen LogP contribution in [0, 0.1) is 11.8 Å². The zero-order valence-electron chi connectivity index (χ0n) is 13.3. The van der Waals surface area contributed by atoms with Crippen molar-refractivity contribution in [3.63, 3.8) is 0 Å². The number of hydrogen-bond donors (Lipinski definition) is 1. The molecule has 116 valence electrons. The first kappa shape index (κ1) is 14.7. The van der Waals surface area contributed by atoms with Gasteiger partial charge in [0.2, 0.25) is 0 Å². The Morgan fingerprint density at radius 1 is 1.05 bits per heavy atom. The Hall–Kier alpha value is -1.22. The first-order chi connectivity index (χ1) is 10.2. The molecule has 2 aliphatic rings. The molecule has 3 heteroatoms. The van der Waals surface area contributed by atoms with Crippen LogP contribution < -0.4 is 10.2 Å². The number of morpholine rings is 1. The zero-order chi connectivity index (χ0) is 14.7. The average Bonchev–Trinajstić information content (AvgIpc) is 2.52. The maximum absolute atomic E-state index is 5.41. The highest BCUT2D eigenvalue weighted by Gasteiger charge is 2.25. The van der Waals surface area contributed by atoms with Gasteiger partial charge in [-0.25, -0.2) is 0 Å². The van der Waals surface area contributed by atoms with E-state index in [0.29, 0.717) is 6.04 Å². The maximum atomic E-state index is 5.41. The number of ether oxygens (including phenoxy) is 1. The van der Waals surface area contributed by atoms with E-state index in [-0.39, 0.29) is 0 Å². The third-order valence-electron chi connectivity index (χ3n) is 5.03. The van der Waals surface area contributed by atoms with Gasteiger partial charge in [0.25, 0.3) is 0 Å². The number of nitrogens with one attached hydrogen (secondary N) is 1. The number of hydrogen-bond acceptors (Lipinski definition) is 3. The van der Waals surface area contributed by atoms with Crippen LogP contribution in [0.4, 0.5) is 11.4 Å². The van der Waals surface area contributed by atoms with Crippen molar-refractivity contribution in [3.8, 4) is 0 Å². The van der Waals surface area contributed by atoms with Gasteiger partial charge in [-0.3, -0.25) is 0 Å². The quantitative estimate of drug-likeness (QED) is 0.916. The second-order valence-corrected chi connectivity index (χ2v) is 6.79. The molecule has 1 aromatic rings. The van der Waals surface area contributed by atoms with Crippen molar-refractivity contribution in [2.24, 2.45) is 11.8 Å². The summed E-state index contributed by atoms with van der Waals surface area (Å²) in [5.41, 5.74) is 2.58. The molecule has 0 radical (unpaired) electrons. The third kappa shape index (κ3) is 3.70. The first-order valence-corrected chi connectivity index (χ1v) is 8.41. The fourth-order valence-electron chi connectivity index (χ4n) is 3.68. The summed E-state index contributed by atoms with van der Waals surface area (Å²) in [5.74, 6) is 1.66. The van der Waals surface area contributed by atoms with Crippen LogP contribution in [-0.4, -0.2) is 32.3 Å². The molecule has 0 amide bonds. The minimum absolute atomic E-state index is 0.635. The van der Waals surface area contributed by atoms with E-state index in [1.165, 1.54) is 30.6 Å². The van der Waals surface area contributed by atoms with Gasteiger partial charge in [0.1, 0.15) is 0 Å². The Bertz CT molecular complexity index is 439. The number of anilines is 2. The van der Waals surface area contributed by atoms with Gasteiger partial charge in [-0.05, 0) is 55.4 Å². The van der Waals surface area contributed by atoms with Gasteiger partial charge in [-0.1, -0.05) is 13.8 Å². The smallest absolute Gasteiger partial charge is 0.0642 e. The van der Waals surface area contributed by atoms with Crippen molar-refractivity contribution >= 4 is 11.4 Å². The Balaban J connectivity index is 1.59. The van der Waals surface area contributed by atoms with Crippen LogP contribution in [0.3, 0.4) is 0 Å². The molecule has 1 saturated carbocycles. The second-order valence-electron chi connectivity index (χ2n) is 6.79. The van der Waals surface area contributed by atoms with E-state index in [9.17, 15) is 0 Å². The molecular formula is C18H28N2O. The average molecular weight is 288 g/mol. The summed E-state index contributed by atoms with van der Waals surface area (Å²) < 4.78 is 5.41. The lowest BCUT2D eigenvalue weighted by molar-refractivity contribution is 0.122.